The highest BCUT2D eigenvalue weighted by atomic mass is 79.9. The van der Waals surface area contributed by atoms with E-state index in [1.807, 2.05) is 26.1 Å². The first kappa shape index (κ1) is 17.5. The standard InChI is InChI=1S/C15H21BrN2O3/c1-4-6-18-14(19)10-21-15-12(16)7-11(9-17-3)8-13(15)20-5-2/h4,7-8,17H,1,5-6,9-10H2,2-3H3,(H,18,19). The molecular formula is C15H21BrN2O3. The molecule has 0 heterocycles. The van der Waals surface area contributed by atoms with E-state index in [1.165, 1.54) is 0 Å². The summed E-state index contributed by atoms with van der Waals surface area (Å²) in [5.41, 5.74) is 1.07. The van der Waals surface area contributed by atoms with Gasteiger partial charge >= 0.3 is 0 Å². The maximum atomic E-state index is 11.6. The third-order valence-corrected chi connectivity index (χ3v) is 3.13. The second kappa shape index (κ2) is 9.41. The van der Waals surface area contributed by atoms with Gasteiger partial charge in [0.1, 0.15) is 0 Å². The SMILES string of the molecule is C=CCNC(=O)COc1c(Br)cc(CNC)cc1OCC. The molecule has 116 valence electrons. The number of carbonyl (C=O) groups is 1. The molecule has 0 spiro atoms. The molecule has 0 unspecified atom stereocenters. The third kappa shape index (κ3) is 5.77. The van der Waals surface area contributed by atoms with Crippen LogP contribution in [-0.4, -0.2) is 32.7 Å². The van der Waals surface area contributed by atoms with Crippen LogP contribution in [0.5, 0.6) is 11.5 Å². The van der Waals surface area contributed by atoms with Crippen molar-refractivity contribution in [2.75, 3.05) is 26.8 Å². The number of nitrogens with one attached hydrogen (secondary N) is 2. The Morgan fingerprint density at radius 3 is 2.81 bits per heavy atom. The van der Waals surface area contributed by atoms with Crippen molar-refractivity contribution < 1.29 is 14.3 Å². The van der Waals surface area contributed by atoms with Crippen LogP contribution in [0.2, 0.25) is 0 Å². The summed E-state index contributed by atoms with van der Waals surface area (Å²) in [6, 6.07) is 3.84. The van der Waals surface area contributed by atoms with Crippen LogP contribution in [0.15, 0.2) is 29.3 Å². The lowest BCUT2D eigenvalue weighted by Crippen LogP contribution is -2.29. The van der Waals surface area contributed by atoms with Crippen molar-refractivity contribution in [3.63, 3.8) is 0 Å². The van der Waals surface area contributed by atoms with Gasteiger partial charge in [0.05, 0.1) is 11.1 Å². The maximum absolute atomic E-state index is 11.6. The van der Waals surface area contributed by atoms with Crippen LogP contribution in [0, 0.1) is 0 Å². The molecule has 0 aliphatic rings. The quantitative estimate of drug-likeness (QED) is 0.666. The lowest BCUT2D eigenvalue weighted by atomic mass is 10.2. The highest BCUT2D eigenvalue weighted by Gasteiger charge is 2.13. The summed E-state index contributed by atoms with van der Waals surface area (Å²) in [5.74, 6) is 0.947. The number of carbonyl (C=O) groups excluding carboxylic acids is 1. The fourth-order valence-corrected chi connectivity index (χ4v) is 2.31. The Morgan fingerprint density at radius 1 is 1.43 bits per heavy atom. The fourth-order valence-electron chi connectivity index (χ4n) is 1.71. The van der Waals surface area contributed by atoms with E-state index < -0.39 is 0 Å². The van der Waals surface area contributed by atoms with E-state index in [1.54, 1.807) is 6.08 Å². The zero-order valence-electron chi connectivity index (χ0n) is 12.4. The van der Waals surface area contributed by atoms with E-state index in [4.69, 9.17) is 9.47 Å². The topological polar surface area (TPSA) is 59.6 Å². The summed E-state index contributed by atoms with van der Waals surface area (Å²) in [6.07, 6.45) is 1.62. The van der Waals surface area contributed by atoms with E-state index in [-0.39, 0.29) is 12.5 Å². The molecule has 5 nitrogen and oxygen atoms in total. The van der Waals surface area contributed by atoms with Gasteiger partial charge in [0.15, 0.2) is 18.1 Å². The predicted molar refractivity (Wildman–Crippen MR) is 86.8 cm³/mol. The average Bonchev–Trinajstić information content (AvgIpc) is 2.45. The van der Waals surface area contributed by atoms with Gasteiger partial charge in [-0.1, -0.05) is 6.08 Å². The van der Waals surface area contributed by atoms with Gasteiger partial charge in [-0.3, -0.25) is 4.79 Å². The summed E-state index contributed by atoms with van der Waals surface area (Å²) in [5, 5.41) is 5.74. The van der Waals surface area contributed by atoms with Crippen molar-refractivity contribution >= 4 is 21.8 Å². The third-order valence-electron chi connectivity index (χ3n) is 2.54. The van der Waals surface area contributed by atoms with Gasteiger partial charge in [-0.2, -0.15) is 0 Å². The summed E-state index contributed by atoms with van der Waals surface area (Å²) in [7, 11) is 1.88. The molecule has 6 heteroatoms. The second-order valence-electron chi connectivity index (χ2n) is 4.25. The number of hydrogen-bond donors (Lipinski definition) is 2. The zero-order valence-corrected chi connectivity index (χ0v) is 14.0. The summed E-state index contributed by atoms with van der Waals surface area (Å²) >= 11 is 3.46. The summed E-state index contributed by atoms with van der Waals surface area (Å²) in [4.78, 5) is 11.6. The van der Waals surface area contributed by atoms with Crippen molar-refractivity contribution in [3.05, 3.63) is 34.8 Å². The van der Waals surface area contributed by atoms with Crippen molar-refractivity contribution in [3.8, 4) is 11.5 Å². The molecule has 1 rings (SSSR count). The van der Waals surface area contributed by atoms with Crippen molar-refractivity contribution in [2.24, 2.45) is 0 Å². The van der Waals surface area contributed by atoms with Crippen molar-refractivity contribution in [1.29, 1.82) is 0 Å². The number of halogens is 1. The van der Waals surface area contributed by atoms with Gasteiger partial charge in [0.25, 0.3) is 5.91 Å². The first-order valence-electron chi connectivity index (χ1n) is 6.72. The van der Waals surface area contributed by atoms with Gasteiger partial charge in [0.2, 0.25) is 0 Å². The Labute approximate surface area is 133 Å². The fraction of sp³-hybridized carbons (Fsp3) is 0.400. The van der Waals surface area contributed by atoms with Crippen molar-refractivity contribution in [1.82, 2.24) is 10.6 Å². The largest absolute Gasteiger partial charge is 0.490 e. The molecular weight excluding hydrogens is 336 g/mol. The molecule has 1 amide bonds. The van der Waals surface area contributed by atoms with E-state index in [2.05, 4.69) is 33.1 Å². The molecule has 0 aliphatic heterocycles. The Hall–Kier alpha value is -1.53. The van der Waals surface area contributed by atoms with Crippen LogP contribution in [0.4, 0.5) is 0 Å². The summed E-state index contributed by atoms with van der Waals surface area (Å²) < 4.78 is 11.9. The first-order valence-corrected chi connectivity index (χ1v) is 7.51. The van der Waals surface area contributed by atoms with Gasteiger partial charge in [-0.15, -0.1) is 6.58 Å². The molecule has 0 atom stereocenters. The minimum Gasteiger partial charge on any atom is -0.490 e. The highest BCUT2D eigenvalue weighted by molar-refractivity contribution is 9.10. The molecule has 0 fully saturated rings. The Bertz CT molecular complexity index is 492. The van der Waals surface area contributed by atoms with Crippen LogP contribution >= 0.6 is 15.9 Å². The normalized spacial score (nSPS) is 10.0. The number of amides is 1. The van der Waals surface area contributed by atoms with Crippen LogP contribution < -0.4 is 20.1 Å². The zero-order chi connectivity index (χ0) is 15.7. The minimum absolute atomic E-state index is 0.0715. The summed E-state index contributed by atoms with van der Waals surface area (Å²) in [6.45, 7) is 7.03. The predicted octanol–water partition coefficient (Wildman–Crippen LogP) is 2.25. The molecule has 0 aromatic heterocycles. The van der Waals surface area contributed by atoms with Crippen molar-refractivity contribution in [2.45, 2.75) is 13.5 Å². The van der Waals surface area contributed by atoms with Gasteiger partial charge in [-0.05, 0) is 47.6 Å². The Kier molecular flexibility index (Phi) is 7.85. The van der Waals surface area contributed by atoms with Crippen LogP contribution in [-0.2, 0) is 11.3 Å². The number of rotatable bonds is 9. The molecule has 0 radical (unpaired) electrons. The second-order valence-corrected chi connectivity index (χ2v) is 5.10. The molecule has 0 aliphatic carbocycles. The van der Waals surface area contributed by atoms with E-state index in [0.717, 1.165) is 16.6 Å². The van der Waals surface area contributed by atoms with Crippen LogP contribution in [0.25, 0.3) is 0 Å². The molecule has 2 N–H and O–H groups in total. The van der Waals surface area contributed by atoms with E-state index in [9.17, 15) is 4.79 Å². The average molecular weight is 357 g/mol. The lowest BCUT2D eigenvalue weighted by Gasteiger charge is -2.15. The minimum atomic E-state index is -0.205. The Morgan fingerprint density at radius 2 is 2.19 bits per heavy atom. The van der Waals surface area contributed by atoms with E-state index in [0.29, 0.717) is 24.7 Å². The molecule has 0 saturated carbocycles. The monoisotopic (exact) mass is 356 g/mol. The lowest BCUT2D eigenvalue weighted by molar-refractivity contribution is -0.122. The number of benzene rings is 1. The van der Waals surface area contributed by atoms with Crippen LogP contribution in [0.3, 0.4) is 0 Å². The number of ether oxygens (including phenoxy) is 2. The maximum Gasteiger partial charge on any atom is 0.258 e. The van der Waals surface area contributed by atoms with Gasteiger partial charge < -0.3 is 20.1 Å². The number of hydrogen-bond acceptors (Lipinski definition) is 4. The molecule has 1 aromatic rings. The Balaban J connectivity index is 2.83. The van der Waals surface area contributed by atoms with Crippen LogP contribution in [0.1, 0.15) is 12.5 Å². The molecule has 0 bridgehead atoms. The van der Waals surface area contributed by atoms with E-state index >= 15 is 0 Å². The molecule has 0 saturated heterocycles. The highest BCUT2D eigenvalue weighted by Crippen LogP contribution is 2.36. The van der Waals surface area contributed by atoms with Gasteiger partial charge in [-0.25, -0.2) is 0 Å². The molecule has 21 heavy (non-hydrogen) atoms. The van der Waals surface area contributed by atoms with Gasteiger partial charge in [0, 0.05) is 13.1 Å². The smallest absolute Gasteiger partial charge is 0.258 e. The molecule has 1 aromatic carbocycles. The first-order chi connectivity index (χ1) is 10.1.